The molecule has 94 valence electrons. The van der Waals surface area contributed by atoms with E-state index in [-0.39, 0.29) is 0 Å². The van der Waals surface area contributed by atoms with Gasteiger partial charge in [0.1, 0.15) is 0 Å². The first-order valence-electron chi connectivity index (χ1n) is 6.23. The lowest BCUT2D eigenvalue weighted by Crippen LogP contribution is -2.20. The Kier molecular flexibility index (Phi) is 6.60. The van der Waals surface area contributed by atoms with E-state index < -0.39 is 0 Å². The Morgan fingerprint density at radius 1 is 1.29 bits per heavy atom. The monoisotopic (exact) mass is 233 g/mol. The van der Waals surface area contributed by atoms with Gasteiger partial charge in [0.05, 0.1) is 13.2 Å². The van der Waals surface area contributed by atoms with Crippen LogP contribution in [0.4, 0.5) is 0 Å². The van der Waals surface area contributed by atoms with E-state index in [4.69, 9.17) is 4.74 Å². The standard InChI is InChI=1S/C15H23NO/c1-4-14-7-5-6-8-15(14)11-16-9-10-17-12-13(2)3/h5-8,16H,2,4,9-12H2,1,3H3. The van der Waals surface area contributed by atoms with Gasteiger partial charge in [0, 0.05) is 13.1 Å². The number of hydrogen-bond acceptors (Lipinski definition) is 2. The summed E-state index contributed by atoms with van der Waals surface area (Å²) in [6.45, 7) is 11.2. The Bertz CT molecular complexity index is 347. The third kappa shape index (κ3) is 5.66. The van der Waals surface area contributed by atoms with E-state index in [9.17, 15) is 0 Å². The van der Waals surface area contributed by atoms with Crippen molar-refractivity contribution in [3.63, 3.8) is 0 Å². The number of benzene rings is 1. The molecule has 0 aromatic heterocycles. The second-order valence-corrected chi connectivity index (χ2v) is 4.31. The summed E-state index contributed by atoms with van der Waals surface area (Å²) in [6.07, 6.45) is 1.09. The third-order valence-electron chi connectivity index (χ3n) is 2.59. The molecule has 0 fully saturated rings. The fourth-order valence-corrected chi connectivity index (χ4v) is 1.69. The second-order valence-electron chi connectivity index (χ2n) is 4.31. The number of hydrogen-bond donors (Lipinski definition) is 1. The van der Waals surface area contributed by atoms with Crippen molar-refractivity contribution >= 4 is 0 Å². The molecule has 1 rings (SSSR count). The first-order valence-corrected chi connectivity index (χ1v) is 6.23. The van der Waals surface area contributed by atoms with E-state index in [1.54, 1.807) is 0 Å². The van der Waals surface area contributed by atoms with Crippen LogP contribution in [0.3, 0.4) is 0 Å². The van der Waals surface area contributed by atoms with Gasteiger partial charge in [0.15, 0.2) is 0 Å². The predicted octanol–water partition coefficient (Wildman–Crippen LogP) is 2.93. The van der Waals surface area contributed by atoms with Crippen molar-refractivity contribution < 1.29 is 4.74 Å². The molecule has 1 aromatic rings. The van der Waals surface area contributed by atoms with Gasteiger partial charge >= 0.3 is 0 Å². The predicted molar refractivity (Wildman–Crippen MR) is 73.2 cm³/mol. The summed E-state index contributed by atoms with van der Waals surface area (Å²) in [6, 6.07) is 8.56. The Labute approximate surface area is 105 Å². The van der Waals surface area contributed by atoms with E-state index in [2.05, 4.69) is 43.1 Å². The molecule has 0 saturated heterocycles. The summed E-state index contributed by atoms with van der Waals surface area (Å²) in [4.78, 5) is 0. The Hall–Kier alpha value is -1.12. The lowest BCUT2D eigenvalue weighted by atomic mass is 10.1. The summed E-state index contributed by atoms with van der Waals surface area (Å²) in [5.74, 6) is 0. The van der Waals surface area contributed by atoms with E-state index in [1.165, 1.54) is 11.1 Å². The average Bonchev–Trinajstić information content (AvgIpc) is 2.33. The van der Waals surface area contributed by atoms with Crippen LogP contribution in [0.2, 0.25) is 0 Å². The van der Waals surface area contributed by atoms with Crippen LogP contribution in [0.1, 0.15) is 25.0 Å². The maximum atomic E-state index is 5.43. The molecule has 0 aliphatic heterocycles. The van der Waals surface area contributed by atoms with E-state index in [1.807, 2.05) is 6.92 Å². The number of aryl methyl sites for hydroxylation is 1. The van der Waals surface area contributed by atoms with Crippen molar-refractivity contribution in [3.8, 4) is 0 Å². The molecule has 0 bridgehead atoms. The SMILES string of the molecule is C=C(C)COCCNCc1ccccc1CC. The van der Waals surface area contributed by atoms with Crippen LogP contribution in [-0.2, 0) is 17.7 Å². The van der Waals surface area contributed by atoms with Crippen LogP contribution >= 0.6 is 0 Å². The van der Waals surface area contributed by atoms with Gasteiger partial charge in [-0.15, -0.1) is 0 Å². The molecule has 0 unspecified atom stereocenters. The summed E-state index contributed by atoms with van der Waals surface area (Å²) >= 11 is 0. The summed E-state index contributed by atoms with van der Waals surface area (Å²) in [5.41, 5.74) is 3.87. The van der Waals surface area contributed by atoms with Gasteiger partial charge < -0.3 is 10.1 Å². The number of rotatable bonds is 8. The molecule has 1 aromatic carbocycles. The molecule has 0 aliphatic rings. The molecule has 17 heavy (non-hydrogen) atoms. The van der Waals surface area contributed by atoms with Crippen LogP contribution < -0.4 is 5.32 Å². The van der Waals surface area contributed by atoms with Gasteiger partial charge in [0.2, 0.25) is 0 Å². The number of nitrogens with one attached hydrogen (secondary N) is 1. The maximum absolute atomic E-state index is 5.43. The van der Waals surface area contributed by atoms with Crippen molar-refractivity contribution in [2.75, 3.05) is 19.8 Å². The summed E-state index contributed by atoms with van der Waals surface area (Å²) in [7, 11) is 0. The molecule has 2 heteroatoms. The summed E-state index contributed by atoms with van der Waals surface area (Å²) in [5, 5.41) is 3.40. The lowest BCUT2D eigenvalue weighted by molar-refractivity contribution is 0.157. The lowest BCUT2D eigenvalue weighted by Gasteiger charge is -2.09. The maximum Gasteiger partial charge on any atom is 0.0672 e. The van der Waals surface area contributed by atoms with Gasteiger partial charge in [-0.2, -0.15) is 0 Å². The van der Waals surface area contributed by atoms with Gasteiger partial charge in [-0.1, -0.05) is 43.3 Å². The zero-order valence-electron chi connectivity index (χ0n) is 11.0. The molecule has 1 N–H and O–H groups in total. The summed E-state index contributed by atoms with van der Waals surface area (Å²) < 4.78 is 5.43. The highest BCUT2D eigenvalue weighted by Crippen LogP contribution is 2.08. The smallest absolute Gasteiger partial charge is 0.0672 e. The topological polar surface area (TPSA) is 21.3 Å². The van der Waals surface area contributed by atoms with Crippen molar-refractivity contribution in [3.05, 3.63) is 47.5 Å². The Balaban J connectivity index is 2.19. The first kappa shape index (κ1) is 13.9. The first-order chi connectivity index (χ1) is 8.24. The van der Waals surface area contributed by atoms with Crippen LogP contribution in [0.15, 0.2) is 36.4 Å². The average molecular weight is 233 g/mol. The van der Waals surface area contributed by atoms with Crippen molar-refractivity contribution in [1.29, 1.82) is 0 Å². The Morgan fingerprint density at radius 2 is 2.00 bits per heavy atom. The van der Waals surface area contributed by atoms with Crippen molar-refractivity contribution in [1.82, 2.24) is 5.32 Å². The largest absolute Gasteiger partial charge is 0.376 e. The highest BCUT2D eigenvalue weighted by Gasteiger charge is 1.98. The quantitative estimate of drug-likeness (QED) is 0.550. The van der Waals surface area contributed by atoms with Crippen LogP contribution in [-0.4, -0.2) is 19.8 Å². The fraction of sp³-hybridized carbons (Fsp3) is 0.467. The molecule has 0 saturated carbocycles. The highest BCUT2D eigenvalue weighted by atomic mass is 16.5. The van der Waals surface area contributed by atoms with E-state index in [0.717, 1.165) is 31.7 Å². The number of ether oxygens (including phenoxy) is 1. The molecule has 2 nitrogen and oxygen atoms in total. The molecular weight excluding hydrogens is 210 g/mol. The minimum atomic E-state index is 0.660. The van der Waals surface area contributed by atoms with Gasteiger partial charge in [0.25, 0.3) is 0 Å². The van der Waals surface area contributed by atoms with Crippen LogP contribution in [0.25, 0.3) is 0 Å². The van der Waals surface area contributed by atoms with E-state index in [0.29, 0.717) is 6.61 Å². The van der Waals surface area contributed by atoms with Crippen LogP contribution in [0.5, 0.6) is 0 Å². The van der Waals surface area contributed by atoms with Crippen molar-refractivity contribution in [2.24, 2.45) is 0 Å². The zero-order valence-corrected chi connectivity index (χ0v) is 11.0. The second kappa shape index (κ2) is 8.04. The normalized spacial score (nSPS) is 10.5. The van der Waals surface area contributed by atoms with Gasteiger partial charge in [-0.05, 0) is 24.5 Å². The molecule has 0 radical (unpaired) electrons. The highest BCUT2D eigenvalue weighted by molar-refractivity contribution is 5.26. The Morgan fingerprint density at radius 3 is 2.65 bits per heavy atom. The third-order valence-corrected chi connectivity index (χ3v) is 2.59. The zero-order chi connectivity index (χ0) is 12.5. The van der Waals surface area contributed by atoms with Gasteiger partial charge in [-0.3, -0.25) is 0 Å². The van der Waals surface area contributed by atoms with Crippen LogP contribution in [0, 0.1) is 0 Å². The minimum Gasteiger partial charge on any atom is -0.376 e. The molecule has 0 amide bonds. The molecule has 0 atom stereocenters. The molecule has 0 heterocycles. The minimum absolute atomic E-state index is 0.660. The van der Waals surface area contributed by atoms with Crippen molar-refractivity contribution in [2.45, 2.75) is 26.8 Å². The molecule has 0 aliphatic carbocycles. The van der Waals surface area contributed by atoms with Gasteiger partial charge in [-0.25, -0.2) is 0 Å². The molecule has 0 spiro atoms. The fourth-order valence-electron chi connectivity index (χ4n) is 1.69. The molecular formula is C15H23NO. The van der Waals surface area contributed by atoms with E-state index >= 15 is 0 Å².